The second kappa shape index (κ2) is 6.23. The third-order valence-electron chi connectivity index (χ3n) is 3.07. The Balaban J connectivity index is 1.90. The van der Waals surface area contributed by atoms with E-state index in [-0.39, 0.29) is 12.0 Å². The van der Waals surface area contributed by atoms with Crippen LogP contribution in [0.2, 0.25) is 5.02 Å². The Morgan fingerprint density at radius 1 is 1.63 bits per heavy atom. The second-order valence-electron chi connectivity index (χ2n) is 4.70. The third kappa shape index (κ3) is 3.83. The number of morpholine rings is 1. The number of likely N-dealkylation sites (N-methyl/N-ethyl adjacent to an activating group) is 1. The first-order chi connectivity index (χ1) is 9.06. The number of nitrogen functional groups attached to an aromatic ring is 1. The SMILES string of the molecule is CN1CCOC(CNC(=O)c2ccc(N)cc2Cl)C1. The molecule has 1 unspecified atom stereocenters. The van der Waals surface area contributed by atoms with Crippen molar-refractivity contribution in [2.75, 3.05) is 39.0 Å². The Morgan fingerprint density at radius 3 is 3.11 bits per heavy atom. The Hall–Kier alpha value is -1.30. The van der Waals surface area contributed by atoms with Crippen LogP contribution in [0.15, 0.2) is 18.2 Å². The molecule has 1 atom stereocenters. The highest BCUT2D eigenvalue weighted by atomic mass is 35.5. The first-order valence-electron chi connectivity index (χ1n) is 6.19. The van der Waals surface area contributed by atoms with Gasteiger partial charge in [0.1, 0.15) is 0 Å². The number of nitrogens with one attached hydrogen (secondary N) is 1. The van der Waals surface area contributed by atoms with Gasteiger partial charge < -0.3 is 20.7 Å². The highest BCUT2D eigenvalue weighted by Crippen LogP contribution is 2.18. The average molecular weight is 284 g/mol. The van der Waals surface area contributed by atoms with Crippen LogP contribution in [0.5, 0.6) is 0 Å². The fraction of sp³-hybridized carbons (Fsp3) is 0.462. The fourth-order valence-electron chi connectivity index (χ4n) is 2.01. The van der Waals surface area contributed by atoms with Crippen molar-refractivity contribution in [2.45, 2.75) is 6.10 Å². The van der Waals surface area contributed by atoms with Gasteiger partial charge in [0.2, 0.25) is 0 Å². The van der Waals surface area contributed by atoms with Crippen molar-refractivity contribution < 1.29 is 9.53 Å². The van der Waals surface area contributed by atoms with Gasteiger partial charge in [0.05, 0.1) is 23.3 Å². The van der Waals surface area contributed by atoms with Crippen molar-refractivity contribution >= 4 is 23.2 Å². The lowest BCUT2D eigenvalue weighted by Gasteiger charge is -2.30. The lowest BCUT2D eigenvalue weighted by Crippen LogP contribution is -2.45. The predicted molar refractivity (Wildman–Crippen MR) is 75.4 cm³/mol. The summed E-state index contributed by atoms with van der Waals surface area (Å²) < 4.78 is 5.57. The normalized spacial score (nSPS) is 20.2. The zero-order chi connectivity index (χ0) is 13.8. The summed E-state index contributed by atoms with van der Waals surface area (Å²) in [6.07, 6.45) is 0.0234. The van der Waals surface area contributed by atoms with E-state index in [9.17, 15) is 4.79 Å². The van der Waals surface area contributed by atoms with Gasteiger partial charge in [-0.1, -0.05) is 11.6 Å². The van der Waals surface area contributed by atoms with Crippen molar-refractivity contribution in [2.24, 2.45) is 0 Å². The molecule has 104 valence electrons. The predicted octanol–water partition coefficient (Wildman–Crippen LogP) is 0.983. The summed E-state index contributed by atoms with van der Waals surface area (Å²) in [5.41, 5.74) is 6.56. The molecule has 1 fully saturated rings. The monoisotopic (exact) mass is 283 g/mol. The van der Waals surface area contributed by atoms with E-state index in [4.69, 9.17) is 22.1 Å². The van der Waals surface area contributed by atoms with Gasteiger partial charge in [0, 0.05) is 25.3 Å². The highest BCUT2D eigenvalue weighted by Gasteiger charge is 2.19. The molecule has 0 aromatic heterocycles. The van der Waals surface area contributed by atoms with E-state index < -0.39 is 0 Å². The Morgan fingerprint density at radius 2 is 2.42 bits per heavy atom. The number of amides is 1. The largest absolute Gasteiger partial charge is 0.399 e. The molecule has 19 heavy (non-hydrogen) atoms. The highest BCUT2D eigenvalue weighted by molar-refractivity contribution is 6.34. The molecule has 1 amide bonds. The molecule has 0 saturated carbocycles. The Bertz CT molecular complexity index is 467. The molecule has 1 heterocycles. The Labute approximate surface area is 117 Å². The van der Waals surface area contributed by atoms with Gasteiger partial charge in [-0.25, -0.2) is 0 Å². The molecule has 0 bridgehead atoms. The molecule has 2 rings (SSSR count). The first kappa shape index (κ1) is 14.1. The minimum absolute atomic E-state index is 0.0234. The summed E-state index contributed by atoms with van der Waals surface area (Å²) in [5.74, 6) is -0.207. The summed E-state index contributed by atoms with van der Waals surface area (Å²) in [6.45, 7) is 2.91. The summed E-state index contributed by atoms with van der Waals surface area (Å²) in [7, 11) is 2.04. The summed E-state index contributed by atoms with van der Waals surface area (Å²) in [5, 5.41) is 3.19. The van der Waals surface area contributed by atoms with Gasteiger partial charge in [-0.05, 0) is 25.2 Å². The van der Waals surface area contributed by atoms with Gasteiger partial charge in [-0.2, -0.15) is 0 Å². The minimum Gasteiger partial charge on any atom is -0.399 e. The zero-order valence-electron chi connectivity index (χ0n) is 10.9. The van der Waals surface area contributed by atoms with Crippen LogP contribution in [0.1, 0.15) is 10.4 Å². The van der Waals surface area contributed by atoms with Crippen LogP contribution in [0, 0.1) is 0 Å². The van der Waals surface area contributed by atoms with Gasteiger partial charge in [-0.15, -0.1) is 0 Å². The van der Waals surface area contributed by atoms with Crippen LogP contribution in [0.3, 0.4) is 0 Å². The van der Waals surface area contributed by atoms with E-state index in [0.717, 1.165) is 13.1 Å². The van der Waals surface area contributed by atoms with Crippen molar-refractivity contribution in [1.29, 1.82) is 0 Å². The summed E-state index contributed by atoms with van der Waals surface area (Å²) in [4.78, 5) is 14.2. The van der Waals surface area contributed by atoms with Crippen molar-refractivity contribution in [3.63, 3.8) is 0 Å². The molecule has 0 radical (unpaired) electrons. The number of anilines is 1. The number of hydrogen-bond acceptors (Lipinski definition) is 4. The maximum Gasteiger partial charge on any atom is 0.252 e. The van der Waals surface area contributed by atoms with E-state index in [1.165, 1.54) is 0 Å². The fourth-order valence-corrected chi connectivity index (χ4v) is 2.28. The average Bonchev–Trinajstić information content (AvgIpc) is 2.36. The summed E-state index contributed by atoms with van der Waals surface area (Å²) in [6, 6.07) is 4.86. The summed E-state index contributed by atoms with van der Waals surface area (Å²) >= 11 is 5.99. The second-order valence-corrected chi connectivity index (χ2v) is 5.11. The maximum atomic E-state index is 12.0. The molecule has 1 aromatic carbocycles. The number of nitrogens with zero attached hydrogens (tertiary/aromatic N) is 1. The van der Waals surface area contributed by atoms with Crippen molar-refractivity contribution in [1.82, 2.24) is 10.2 Å². The number of carbonyl (C=O) groups is 1. The number of rotatable bonds is 3. The molecule has 1 saturated heterocycles. The molecule has 5 nitrogen and oxygen atoms in total. The molecule has 3 N–H and O–H groups in total. The van der Waals surface area contributed by atoms with E-state index in [2.05, 4.69) is 10.2 Å². The number of nitrogens with two attached hydrogens (primary N) is 1. The van der Waals surface area contributed by atoms with Crippen molar-refractivity contribution in [3.8, 4) is 0 Å². The molecular formula is C13H18ClN3O2. The molecular weight excluding hydrogens is 266 g/mol. The van der Waals surface area contributed by atoms with Gasteiger partial charge in [0.15, 0.2) is 0 Å². The Kier molecular flexibility index (Phi) is 4.63. The molecule has 1 aromatic rings. The number of halogens is 1. The number of ether oxygens (including phenoxy) is 1. The van der Waals surface area contributed by atoms with Crippen LogP contribution in [-0.4, -0.2) is 50.2 Å². The van der Waals surface area contributed by atoms with E-state index in [1.807, 2.05) is 7.05 Å². The number of benzene rings is 1. The maximum absolute atomic E-state index is 12.0. The van der Waals surface area contributed by atoms with Crippen LogP contribution in [0.25, 0.3) is 0 Å². The lowest BCUT2D eigenvalue weighted by atomic mass is 10.2. The van der Waals surface area contributed by atoms with Gasteiger partial charge in [0.25, 0.3) is 5.91 Å². The van der Waals surface area contributed by atoms with E-state index >= 15 is 0 Å². The first-order valence-corrected chi connectivity index (χ1v) is 6.57. The van der Waals surface area contributed by atoms with Crippen molar-refractivity contribution in [3.05, 3.63) is 28.8 Å². The topological polar surface area (TPSA) is 67.6 Å². The lowest BCUT2D eigenvalue weighted by molar-refractivity contribution is -0.0175. The molecule has 0 spiro atoms. The van der Waals surface area contributed by atoms with Crippen LogP contribution >= 0.6 is 11.6 Å². The number of carbonyl (C=O) groups excluding carboxylic acids is 1. The minimum atomic E-state index is -0.207. The van der Waals surface area contributed by atoms with Gasteiger partial charge >= 0.3 is 0 Å². The molecule has 1 aliphatic heterocycles. The third-order valence-corrected chi connectivity index (χ3v) is 3.38. The molecule has 6 heteroatoms. The van der Waals surface area contributed by atoms with E-state index in [1.54, 1.807) is 18.2 Å². The molecule has 0 aliphatic carbocycles. The number of hydrogen-bond donors (Lipinski definition) is 2. The van der Waals surface area contributed by atoms with Crippen LogP contribution < -0.4 is 11.1 Å². The zero-order valence-corrected chi connectivity index (χ0v) is 11.6. The quantitative estimate of drug-likeness (QED) is 0.812. The van der Waals surface area contributed by atoms with Crippen LogP contribution in [-0.2, 0) is 4.74 Å². The van der Waals surface area contributed by atoms with E-state index in [0.29, 0.717) is 29.4 Å². The smallest absolute Gasteiger partial charge is 0.252 e. The van der Waals surface area contributed by atoms with Crippen LogP contribution in [0.4, 0.5) is 5.69 Å². The molecule has 1 aliphatic rings. The standard InChI is InChI=1S/C13H18ClN3O2/c1-17-4-5-19-10(8-17)7-16-13(18)11-3-2-9(15)6-12(11)14/h2-3,6,10H,4-5,7-8,15H2,1H3,(H,16,18). The van der Waals surface area contributed by atoms with Gasteiger partial charge in [-0.3, -0.25) is 4.79 Å².